The van der Waals surface area contributed by atoms with Gasteiger partial charge in [-0.05, 0) is 36.8 Å². The van der Waals surface area contributed by atoms with E-state index >= 15 is 0 Å². The Morgan fingerprint density at radius 2 is 2.14 bits per heavy atom. The van der Waals surface area contributed by atoms with Crippen molar-refractivity contribution in [3.63, 3.8) is 0 Å². The molecule has 1 atom stereocenters. The van der Waals surface area contributed by atoms with E-state index in [1.165, 1.54) is 18.4 Å². The van der Waals surface area contributed by atoms with Crippen molar-refractivity contribution in [2.75, 3.05) is 19.6 Å². The highest BCUT2D eigenvalue weighted by molar-refractivity contribution is 5.82. The number of nitrogens with zero attached hydrogens (tertiary/aromatic N) is 3. The molecule has 0 radical (unpaired) electrons. The lowest BCUT2D eigenvalue weighted by Crippen LogP contribution is -2.41. The van der Waals surface area contributed by atoms with Gasteiger partial charge in [0.2, 0.25) is 0 Å². The minimum Gasteiger partial charge on any atom is -0.298 e. The molecular weight excluding hydrogens is 262 g/mol. The molecule has 1 aromatic heterocycles. The third-order valence-corrected chi connectivity index (χ3v) is 4.39. The Bertz CT molecular complexity index is 464. The average Bonchev–Trinajstić information content (AvgIpc) is 2.87. The molecule has 0 spiro atoms. The highest BCUT2D eigenvalue weighted by Gasteiger charge is 2.23. The van der Waals surface area contributed by atoms with Gasteiger partial charge in [-0.25, -0.2) is 0 Å². The molecule has 2 rings (SSSR count). The van der Waals surface area contributed by atoms with Crippen LogP contribution in [0.2, 0.25) is 0 Å². The Balaban J connectivity index is 1.87. The summed E-state index contributed by atoms with van der Waals surface area (Å²) in [4.78, 5) is 14.2. The Hall–Kier alpha value is -1.16. The number of piperidine rings is 1. The fourth-order valence-electron chi connectivity index (χ4n) is 2.89. The maximum Gasteiger partial charge on any atom is 0.149 e. The van der Waals surface area contributed by atoms with Gasteiger partial charge in [-0.2, -0.15) is 5.10 Å². The van der Waals surface area contributed by atoms with Gasteiger partial charge in [0.15, 0.2) is 0 Å². The molecule has 1 aromatic rings. The summed E-state index contributed by atoms with van der Waals surface area (Å²) in [6.45, 7) is 12.0. The minimum atomic E-state index is 0.144. The van der Waals surface area contributed by atoms with Crippen LogP contribution in [0.3, 0.4) is 0 Å². The predicted molar refractivity (Wildman–Crippen MR) is 85.3 cm³/mol. The second-order valence-corrected chi connectivity index (χ2v) is 7.01. The van der Waals surface area contributed by atoms with E-state index in [9.17, 15) is 4.79 Å². The number of ketones is 1. The topological polar surface area (TPSA) is 38.1 Å². The second kappa shape index (κ2) is 7.21. The number of carbonyl (C=O) groups is 1. The fourth-order valence-corrected chi connectivity index (χ4v) is 2.89. The number of likely N-dealkylation sites (tertiary alicyclic amines) is 1. The first-order valence-electron chi connectivity index (χ1n) is 8.23. The summed E-state index contributed by atoms with van der Waals surface area (Å²) in [5.41, 5.74) is 1.30. The predicted octanol–water partition coefficient (Wildman–Crippen LogP) is 2.94. The number of hydrogen-bond donors (Lipinski definition) is 0. The van der Waals surface area contributed by atoms with Crippen molar-refractivity contribution in [1.29, 1.82) is 0 Å². The van der Waals surface area contributed by atoms with E-state index in [4.69, 9.17) is 0 Å². The average molecular weight is 291 g/mol. The molecule has 4 nitrogen and oxygen atoms in total. The van der Waals surface area contributed by atoms with Crippen LogP contribution in [0.1, 0.15) is 52.0 Å². The van der Waals surface area contributed by atoms with Crippen molar-refractivity contribution in [3.05, 3.63) is 18.0 Å². The minimum absolute atomic E-state index is 0.144. The first kappa shape index (κ1) is 16.2. The summed E-state index contributed by atoms with van der Waals surface area (Å²) in [6.07, 6.45) is 6.58. The Morgan fingerprint density at radius 1 is 1.38 bits per heavy atom. The van der Waals surface area contributed by atoms with Crippen molar-refractivity contribution < 1.29 is 4.79 Å². The Morgan fingerprint density at radius 3 is 2.76 bits per heavy atom. The molecule has 118 valence electrons. The highest BCUT2D eigenvalue weighted by atomic mass is 16.1. The summed E-state index contributed by atoms with van der Waals surface area (Å²) >= 11 is 0. The van der Waals surface area contributed by atoms with E-state index in [0.717, 1.165) is 19.6 Å². The quantitative estimate of drug-likeness (QED) is 0.809. The molecule has 1 fully saturated rings. The fraction of sp³-hybridized carbons (Fsp3) is 0.765. The standard InChI is InChI=1S/C17H29N3O/c1-13(2)16-8-18-20(11-16)10-15-6-5-7-19(9-15)12-17(21)14(3)4/h8,11,13-15H,5-7,9-10,12H2,1-4H3/t15-/m0/s1. The van der Waals surface area contributed by atoms with Crippen LogP contribution in [0, 0.1) is 11.8 Å². The van der Waals surface area contributed by atoms with Crippen molar-refractivity contribution in [1.82, 2.24) is 14.7 Å². The molecule has 0 bridgehead atoms. The van der Waals surface area contributed by atoms with E-state index in [0.29, 0.717) is 24.2 Å². The van der Waals surface area contributed by atoms with Crippen LogP contribution in [-0.2, 0) is 11.3 Å². The van der Waals surface area contributed by atoms with Crippen LogP contribution in [-0.4, -0.2) is 40.1 Å². The lowest BCUT2D eigenvalue weighted by molar-refractivity contribution is -0.123. The third-order valence-electron chi connectivity index (χ3n) is 4.39. The smallest absolute Gasteiger partial charge is 0.149 e. The Labute approximate surface area is 128 Å². The van der Waals surface area contributed by atoms with Crippen LogP contribution < -0.4 is 0 Å². The zero-order valence-electron chi connectivity index (χ0n) is 13.9. The van der Waals surface area contributed by atoms with Crippen LogP contribution in [0.5, 0.6) is 0 Å². The molecule has 4 heteroatoms. The van der Waals surface area contributed by atoms with E-state index in [1.54, 1.807) is 0 Å². The molecule has 0 saturated carbocycles. The van der Waals surface area contributed by atoms with Gasteiger partial charge in [0.1, 0.15) is 5.78 Å². The number of hydrogen-bond acceptors (Lipinski definition) is 3. The van der Waals surface area contributed by atoms with E-state index in [2.05, 4.69) is 34.7 Å². The van der Waals surface area contributed by atoms with Gasteiger partial charge in [-0.15, -0.1) is 0 Å². The number of aromatic nitrogens is 2. The number of rotatable bonds is 6. The normalized spacial score (nSPS) is 20.4. The highest BCUT2D eigenvalue weighted by Crippen LogP contribution is 2.20. The SMILES string of the molecule is CC(C)C(=O)CN1CCC[C@H](Cn2cc(C(C)C)cn2)C1. The Kier molecular flexibility index (Phi) is 5.57. The van der Waals surface area contributed by atoms with E-state index in [-0.39, 0.29) is 5.92 Å². The maximum atomic E-state index is 11.9. The molecule has 0 aromatic carbocycles. The second-order valence-electron chi connectivity index (χ2n) is 7.01. The lowest BCUT2D eigenvalue weighted by Gasteiger charge is -2.32. The molecule has 1 aliphatic rings. The van der Waals surface area contributed by atoms with Gasteiger partial charge >= 0.3 is 0 Å². The third kappa shape index (κ3) is 4.67. The molecule has 0 amide bonds. The largest absolute Gasteiger partial charge is 0.298 e. The molecule has 0 N–H and O–H groups in total. The van der Waals surface area contributed by atoms with Gasteiger partial charge in [0.25, 0.3) is 0 Å². The molecule has 1 saturated heterocycles. The van der Waals surface area contributed by atoms with E-state index < -0.39 is 0 Å². The lowest BCUT2D eigenvalue weighted by atomic mass is 9.97. The molecule has 21 heavy (non-hydrogen) atoms. The molecule has 0 unspecified atom stereocenters. The van der Waals surface area contributed by atoms with Crippen LogP contribution in [0.25, 0.3) is 0 Å². The van der Waals surface area contributed by atoms with Gasteiger partial charge in [-0.3, -0.25) is 14.4 Å². The van der Waals surface area contributed by atoms with Crippen molar-refractivity contribution in [3.8, 4) is 0 Å². The van der Waals surface area contributed by atoms with Crippen molar-refractivity contribution >= 4 is 5.78 Å². The van der Waals surface area contributed by atoms with Crippen LogP contribution in [0.4, 0.5) is 0 Å². The summed E-state index contributed by atoms with van der Waals surface area (Å²) in [6, 6.07) is 0. The zero-order valence-corrected chi connectivity index (χ0v) is 13.9. The van der Waals surface area contributed by atoms with Gasteiger partial charge in [0.05, 0.1) is 12.7 Å². The summed E-state index contributed by atoms with van der Waals surface area (Å²) in [7, 11) is 0. The molecular formula is C17H29N3O. The van der Waals surface area contributed by atoms with Gasteiger partial charge < -0.3 is 0 Å². The van der Waals surface area contributed by atoms with Crippen molar-refractivity contribution in [2.24, 2.45) is 11.8 Å². The first-order chi connectivity index (χ1) is 9.95. The van der Waals surface area contributed by atoms with E-state index in [1.807, 2.05) is 20.0 Å². The number of carbonyl (C=O) groups excluding carboxylic acids is 1. The summed E-state index contributed by atoms with van der Waals surface area (Å²) < 4.78 is 2.08. The van der Waals surface area contributed by atoms with Gasteiger partial charge in [-0.1, -0.05) is 27.7 Å². The van der Waals surface area contributed by atoms with Gasteiger partial charge in [0, 0.05) is 25.2 Å². The molecule has 2 heterocycles. The van der Waals surface area contributed by atoms with Crippen molar-refractivity contribution in [2.45, 2.75) is 53.0 Å². The summed E-state index contributed by atoms with van der Waals surface area (Å²) in [5, 5.41) is 4.48. The number of Topliss-reactive ketones (excluding diaryl/α,β-unsaturated/α-hetero) is 1. The zero-order chi connectivity index (χ0) is 15.4. The van der Waals surface area contributed by atoms with Crippen LogP contribution >= 0.6 is 0 Å². The molecule has 0 aliphatic carbocycles. The monoisotopic (exact) mass is 291 g/mol. The first-order valence-corrected chi connectivity index (χ1v) is 8.23. The maximum absolute atomic E-state index is 11.9. The molecule has 1 aliphatic heterocycles. The van der Waals surface area contributed by atoms with Crippen LogP contribution in [0.15, 0.2) is 12.4 Å². The summed E-state index contributed by atoms with van der Waals surface area (Å²) in [5.74, 6) is 1.64.